The first-order valence-corrected chi connectivity index (χ1v) is 4.30. The molecule has 14 heavy (non-hydrogen) atoms. The van der Waals surface area contributed by atoms with Gasteiger partial charge in [-0.1, -0.05) is 0 Å². The molecule has 6 heteroatoms. The lowest BCUT2D eigenvalue weighted by atomic mass is 10.4. The van der Waals surface area contributed by atoms with Crippen molar-refractivity contribution in [3.8, 4) is 0 Å². The van der Waals surface area contributed by atoms with E-state index in [0.717, 1.165) is 6.42 Å². The first kappa shape index (κ1) is 8.89. The third-order valence-electron chi connectivity index (χ3n) is 2.14. The van der Waals surface area contributed by atoms with Crippen molar-refractivity contribution in [3.63, 3.8) is 0 Å². The van der Waals surface area contributed by atoms with Crippen LogP contribution in [0.15, 0.2) is 18.3 Å². The second-order valence-corrected chi connectivity index (χ2v) is 3.28. The number of aromatic nitrogens is 1. The molecule has 2 unspecified atom stereocenters. The van der Waals surface area contributed by atoms with Crippen LogP contribution in [0.5, 0.6) is 0 Å². The fourth-order valence-corrected chi connectivity index (χ4v) is 1.24. The molecule has 1 aliphatic rings. The van der Waals surface area contributed by atoms with E-state index in [4.69, 9.17) is 5.73 Å². The number of nitrogens with two attached hydrogens (primary N) is 1. The molecule has 1 aromatic heterocycles. The van der Waals surface area contributed by atoms with Crippen molar-refractivity contribution in [2.24, 2.45) is 5.73 Å². The van der Waals surface area contributed by atoms with E-state index in [1.165, 1.54) is 6.20 Å². The summed E-state index contributed by atoms with van der Waals surface area (Å²) in [5.74, 6) is -0.147. The van der Waals surface area contributed by atoms with Gasteiger partial charge < -0.3 is 21.2 Å². The Bertz CT molecular complexity index is 368. The van der Waals surface area contributed by atoms with Gasteiger partial charge in [0.1, 0.15) is 11.9 Å². The van der Waals surface area contributed by atoms with Crippen LogP contribution in [0, 0.1) is 10.1 Å². The summed E-state index contributed by atoms with van der Waals surface area (Å²) in [4.78, 5) is 13.8. The lowest BCUT2D eigenvalue weighted by Crippen LogP contribution is -2.14. The summed E-state index contributed by atoms with van der Waals surface area (Å²) in [6, 6.07) is 3.55. The van der Waals surface area contributed by atoms with Gasteiger partial charge in [-0.05, 0) is 28.5 Å². The van der Waals surface area contributed by atoms with Gasteiger partial charge in [-0.25, -0.2) is 0 Å². The molecule has 1 fully saturated rings. The zero-order valence-corrected chi connectivity index (χ0v) is 7.38. The first-order valence-electron chi connectivity index (χ1n) is 4.30. The van der Waals surface area contributed by atoms with E-state index < -0.39 is 4.92 Å². The quantitative estimate of drug-likeness (QED) is 0.539. The van der Waals surface area contributed by atoms with E-state index in [0.29, 0.717) is 5.69 Å². The van der Waals surface area contributed by atoms with Crippen LogP contribution in [0.4, 0.5) is 11.5 Å². The molecule has 0 saturated heterocycles. The van der Waals surface area contributed by atoms with Crippen molar-refractivity contribution >= 4 is 11.5 Å². The van der Waals surface area contributed by atoms with Gasteiger partial charge in [0.25, 0.3) is 0 Å². The molecule has 74 valence electrons. The van der Waals surface area contributed by atoms with Crippen LogP contribution in [0.3, 0.4) is 0 Å². The Balaban J connectivity index is 2.19. The zero-order chi connectivity index (χ0) is 10.1. The molecule has 0 bridgehead atoms. The molecule has 0 aromatic carbocycles. The summed E-state index contributed by atoms with van der Waals surface area (Å²) >= 11 is 0. The molecule has 1 aliphatic carbocycles. The third-order valence-corrected chi connectivity index (χ3v) is 2.14. The van der Waals surface area contributed by atoms with Crippen LogP contribution in [0.1, 0.15) is 6.42 Å². The van der Waals surface area contributed by atoms with Crippen molar-refractivity contribution in [3.05, 3.63) is 28.4 Å². The fraction of sp³-hybridized carbons (Fsp3) is 0.375. The molecule has 1 aromatic rings. The number of nitrogens with one attached hydrogen (secondary N) is 1. The Morgan fingerprint density at radius 3 is 3.00 bits per heavy atom. The van der Waals surface area contributed by atoms with Crippen molar-refractivity contribution in [1.29, 1.82) is 0 Å². The van der Waals surface area contributed by atoms with Crippen LogP contribution < -0.4 is 11.1 Å². The molecule has 0 spiro atoms. The Labute approximate surface area is 80.3 Å². The predicted octanol–water partition coefficient (Wildman–Crippen LogP) is 0.501. The summed E-state index contributed by atoms with van der Waals surface area (Å²) in [6.45, 7) is 0. The molecule has 0 amide bonds. The third kappa shape index (κ3) is 1.64. The van der Waals surface area contributed by atoms with Gasteiger partial charge >= 0.3 is 5.82 Å². The maximum absolute atomic E-state index is 10.6. The highest BCUT2D eigenvalue weighted by Crippen LogP contribution is 2.28. The molecule has 3 N–H and O–H groups in total. The van der Waals surface area contributed by atoms with Gasteiger partial charge in [0.2, 0.25) is 0 Å². The summed E-state index contributed by atoms with van der Waals surface area (Å²) in [5.41, 5.74) is 6.03. The molecular formula is C8H10N4O2. The second-order valence-electron chi connectivity index (χ2n) is 3.28. The predicted molar refractivity (Wildman–Crippen MR) is 50.9 cm³/mol. The molecule has 2 atom stereocenters. The summed E-state index contributed by atoms with van der Waals surface area (Å²) in [6.07, 6.45) is 2.25. The minimum absolute atomic E-state index is 0.106. The molecule has 6 nitrogen and oxygen atoms in total. The lowest BCUT2D eigenvalue weighted by Gasteiger charge is -2.03. The number of hydrogen-bond donors (Lipinski definition) is 2. The van der Waals surface area contributed by atoms with Crippen LogP contribution in [0.25, 0.3) is 0 Å². The van der Waals surface area contributed by atoms with Crippen molar-refractivity contribution in [2.75, 3.05) is 5.32 Å². The van der Waals surface area contributed by atoms with Gasteiger partial charge in [-0.2, -0.15) is 0 Å². The average Bonchev–Trinajstić information content (AvgIpc) is 2.82. The maximum atomic E-state index is 10.6. The van der Waals surface area contributed by atoms with Gasteiger partial charge in [0, 0.05) is 12.1 Å². The largest absolute Gasteiger partial charge is 0.386 e. The number of pyridine rings is 1. The molecule has 1 saturated carbocycles. The standard InChI is InChI=1S/C8H10N4O2/c9-5-4-7(5)11-6-2-1-3-10-8(6)12(13)14/h1-3,5,7,11H,4,9H2. The molecule has 0 aliphatic heterocycles. The Morgan fingerprint density at radius 2 is 2.43 bits per heavy atom. The second kappa shape index (κ2) is 3.22. The average molecular weight is 194 g/mol. The van der Waals surface area contributed by atoms with E-state index in [1.807, 2.05) is 0 Å². The number of nitrogens with zero attached hydrogens (tertiary/aromatic N) is 2. The van der Waals surface area contributed by atoms with Gasteiger partial charge in [-0.3, -0.25) is 0 Å². The van der Waals surface area contributed by atoms with Crippen molar-refractivity contribution in [1.82, 2.24) is 4.98 Å². The first-order chi connectivity index (χ1) is 6.68. The Morgan fingerprint density at radius 1 is 1.71 bits per heavy atom. The smallest absolute Gasteiger partial charge is 0.374 e. The van der Waals surface area contributed by atoms with Crippen LogP contribution in [0.2, 0.25) is 0 Å². The SMILES string of the molecule is NC1CC1Nc1cccnc1[N+](=O)[O-]. The number of rotatable bonds is 3. The van der Waals surface area contributed by atoms with Gasteiger partial charge in [-0.15, -0.1) is 0 Å². The van der Waals surface area contributed by atoms with Gasteiger partial charge in [0.05, 0.1) is 0 Å². The van der Waals surface area contributed by atoms with E-state index in [1.54, 1.807) is 12.1 Å². The monoisotopic (exact) mass is 194 g/mol. The molecule has 1 heterocycles. The van der Waals surface area contributed by atoms with Crippen molar-refractivity contribution in [2.45, 2.75) is 18.5 Å². The van der Waals surface area contributed by atoms with E-state index in [-0.39, 0.29) is 17.9 Å². The summed E-state index contributed by atoms with van der Waals surface area (Å²) in [5, 5.41) is 13.6. The molecule has 0 radical (unpaired) electrons. The van der Waals surface area contributed by atoms with E-state index in [9.17, 15) is 10.1 Å². The normalized spacial score (nSPS) is 24.4. The number of nitro groups is 1. The minimum atomic E-state index is -0.504. The van der Waals surface area contributed by atoms with E-state index >= 15 is 0 Å². The van der Waals surface area contributed by atoms with Crippen LogP contribution >= 0.6 is 0 Å². The highest BCUT2D eigenvalue weighted by Gasteiger charge is 2.34. The summed E-state index contributed by atoms with van der Waals surface area (Å²) in [7, 11) is 0. The maximum Gasteiger partial charge on any atom is 0.386 e. The van der Waals surface area contributed by atoms with Crippen molar-refractivity contribution < 1.29 is 4.92 Å². The highest BCUT2D eigenvalue weighted by molar-refractivity contribution is 5.58. The minimum Gasteiger partial charge on any atom is -0.374 e. The molecule has 2 rings (SSSR count). The van der Waals surface area contributed by atoms with Crippen LogP contribution in [-0.2, 0) is 0 Å². The molecular weight excluding hydrogens is 184 g/mol. The number of hydrogen-bond acceptors (Lipinski definition) is 5. The van der Waals surface area contributed by atoms with Gasteiger partial charge in [0.15, 0.2) is 0 Å². The topological polar surface area (TPSA) is 94.1 Å². The lowest BCUT2D eigenvalue weighted by molar-refractivity contribution is -0.388. The summed E-state index contributed by atoms with van der Waals surface area (Å²) < 4.78 is 0. The fourth-order valence-electron chi connectivity index (χ4n) is 1.24. The van der Waals surface area contributed by atoms with Crippen LogP contribution in [-0.4, -0.2) is 22.0 Å². The zero-order valence-electron chi connectivity index (χ0n) is 7.38. The Hall–Kier alpha value is -1.69. The number of anilines is 1. The Kier molecular flexibility index (Phi) is 2.05. The highest BCUT2D eigenvalue weighted by atomic mass is 16.6. The van der Waals surface area contributed by atoms with E-state index in [2.05, 4.69) is 10.3 Å².